The van der Waals surface area contributed by atoms with Crippen LogP contribution in [0.15, 0.2) is 30.3 Å². The summed E-state index contributed by atoms with van der Waals surface area (Å²) in [4.78, 5) is 32.1. The van der Waals surface area contributed by atoms with Crippen LogP contribution in [0.4, 0.5) is 0 Å². The Bertz CT molecular complexity index is 697. The van der Waals surface area contributed by atoms with Gasteiger partial charge in [-0.15, -0.1) is 0 Å². The summed E-state index contributed by atoms with van der Waals surface area (Å²) in [5, 5.41) is 0.464. The highest BCUT2D eigenvalue weighted by atomic mass is 31.2. The van der Waals surface area contributed by atoms with E-state index in [1.807, 2.05) is 39.8 Å². The molecule has 2 N–H and O–H groups in total. The van der Waals surface area contributed by atoms with Crippen molar-refractivity contribution in [3.8, 4) is 0 Å². The molecule has 2 aromatic carbocycles. The Labute approximate surface area is 132 Å². The molecule has 2 rings (SSSR count). The molecule has 3 nitrogen and oxygen atoms in total. The summed E-state index contributed by atoms with van der Waals surface area (Å²) < 4.78 is 0. The number of benzene rings is 2. The number of aryl methyl sites for hydroxylation is 3. The van der Waals surface area contributed by atoms with Crippen molar-refractivity contribution in [2.75, 3.05) is 0 Å². The SMILES string of the molecule is CCc1c(C(=O)c2c(C)cc(C)cc2C)cccc1P(O)O. The molecule has 0 aromatic heterocycles. The van der Waals surface area contributed by atoms with Crippen molar-refractivity contribution in [2.45, 2.75) is 34.1 Å². The van der Waals surface area contributed by atoms with Crippen molar-refractivity contribution in [3.63, 3.8) is 0 Å². The summed E-state index contributed by atoms with van der Waals surface area (Å²) in [5.41, 5.74) is 5.02. The molecule has 0 bridgehead atoms. The van der Waals surface area contributed by atoms with Gasteiger partial charge in [-0.25, -0.2) is 0 Å². The maximum atomic E-state index is 13.0. The van der Waals surface area contributed by atoms with Crippen molar-refractivity contribution in [3.05, 3.63) is 63.7 Å². The third-order valence-corrected chi connectivity index (χ3v) is 4.72. The molecule has 0 spiro atoms. The lowest BCUT2D eigenvalue weighted by Crippen LogP contribution is -2.16. The molecule has 0 unspecified atom stereocenters. The normalized spacial score (nSPS) is 11.0. The van der Waals surface area contributed by atoms with E-state index in [1.54, 1.807) is 18.2 Å². The fraction of sp³-hybridized carbons (Fsp3) is 0.278. The molecule has 22 heavy (non-hydrogen) atoms. The molecule has 0 amide bonds. The molecule has 0 saturated carbocycles. The zero-order chi connectivity index (χ0) is 16.4. The average molecular weight is 316 g/mol. The lowest BCUT2D eigenvalue weighted by molar-refractivity contribution is 0.103. The Morgan fingerprint density at radius 3 is 2.18 bits per heavy atom. The van der Waals surface area contributed by atoms with E-state index in [0.717, 1.165) is 22.3 Å². The van der Waals surface area contributed by atoms with Crippen LogP contribution in [0.5, 0.6) is 0 Å². The molecule has 0 aliphatic rings. The standard InChI is InChI=1S/C18H21O3P/c1-5-14-15(7-6-8-16(14)22(20)21)18(19)17-12(3)9-11(2)10-13(17)4/h6-10,20-21H,5H2,1-4H3. The smallest absolute Gasteiger partial charge is 0.199 e. The molecular weight excluding hydrogens is 295 g/mol. The van der Waals surface area contributed by atoms with Gasteiger partial charge in [0.05, 0.1) is 0 Å². The summed E-state index contributed by atoms with van der Waals surface area (Å²) in [6, 6.07) is 9.15. The van der Waals surface area contributed by atoms with Gasteiger partial charge in [0.2, 0.25) is 0 Å². The highest BCUT2D eigenvalue weighted by molar-refractivity contribution is 7.54. The van der Waals surface area contributed by atoms with Crippen LogP contribution in [0.25, 0.3) is 0 Å². The minimum Gasteiger partial charge on any atom is -0.347 e. The third kappa shape index (κ3) is 3.12. The lowest BCUT2D eigenvalue weighted by Gasteiger charge is -2.16. The fourth-order valence-electron chi connectivity index (χ4n) is 3.02. The van der Waals surface area contributed by atoms with E-state index < -0.39 is 8.38 Å². The first-order valence-electron chi connectivity index (χ1n) is 7.29. The number of hydrogen-bond donors (Lipinski definition) is 2. The largest absolute Gasteiger partial charge is 0.347 e. The van der Waals surface area contributed by atoms with Crippen molar-refractivity contribution in [2.24, 2.45) is 0 Å². The second kappa shape index (κ2) is 6.70. The molecule has 0 aliphatic carbocycles. The highest BCUT2D eigenvalue weighted by Gasteiger charge is 2.21. The molecule has 0 saturated heterocycles. The third-order valence-electron chi connectivity index (χ3n) is 3.87. The van der Waals surface area contributed by atoms with Gasteiger partial charge >= 0.3 is 0 Å². The Kier molecular flexibility index (Phi) is 5.12. The van der Waals surface area contributed by atoms with Gasteiger partial charge in [-0.2, -0.15) is 0 Å². The van der Waals surface area contributed by atoms with Crippen molar-refractivity contribution >= 4 is 19.5 Å². The van der Waals surface area contributed by atoms with Crippen LogP contribution in [-0.2, 0) is 6.42 Å². The number of carbonyl (C=O) groups is 1. The predicted octanol–water partition coefficient (Wildman–Crippen LogP) is 3.33. The van der Waals surface area contributed by atoms with Crippen molar-refractivity contribution < 1.29 is 14.6 Å². The summed E-state index contributed by atoms with van der Waals surface area (Å²) >= 11 is 0. The maximum absolute atomic E-state index is 13.0. The fourth-order valence-corrected chi connectivity index (χ4v) is 3.76. The van der Waals surface area contributed by atoms with Crippen LogP contribution < -0.4 is 5.30 Å². The van der Waals surface area contributed by atoms with Gasteiger partial charge < -0.3 is 9.79 Å². The van der Waals surface area contributed by atoms with Crippen LogP contribution in [0.1, 0.15) is 45.1 Å². The van der Waals surface area contributed by atoms with Gasteiger partial charge in [0.15, 0.2) is 14.2 Å². The van der Waals surface area contributed by atoms with Crippen LogP contribution >= 0.6 is 8.38 Å². The minimum atomic E-state index is -2.20. The Morgan fingerprint density at radius 1 is 1.09 bits per heavy atom. The quantitative estimate of drug-likeness (QED) is 0.672. The number of rotatable bonds is 4. The van der Waals surface area contributed by atoms with E-state index in [1.165, 1.54) is 0 Å². The Hall–Kier alpha value is -1.54. The number of ketones is 1. The van der Waals surface area contributed by atoms with Crippen LogP contribution in [0, 0.1) is 20.8 Å². The first kappa shape index (κ1) is 16.8. The molecule has 2 aromatic rings. The minimum absolute atomic E-state index is 0.0504. The zero-order valence-electron chi connectivity index (χ0n) is 13.3. The van der Waals surface area contributed by atoms with Crippen molar-refractivity contribution in [1.82, 2.24) is 0 Å². The van der Waals surface area contributed by atoms with E-state index in [0.29, 0.717) is 22.9 Å². The van der Waals surface area contributed by atoms with Gasteiger partial charge in [-0.1, -0.05) is 36.8 Å². The summed E-state index contributed by atoms with van der Waals surface area (Å²) in [6.45, 7) is 7.81. The van der Waals surface area contributed by atoms with Crippen LogP contribution in [-0.4, -0.2) is 15.6 Å². The number of hydrogen-bond acceptors (Lipinski definition) is 3. The first-order valence-corrected chi connectivity index (χ1v) is 8.53. The van der Waals surface area contributed by atoms with Gasteiger partial charge in [-0.05, 0) is 49.9 Å². The Morgan fingerprint density at radius 2 is 1.68 bits per heavy atom. The lowest BCUT2D eigenvalue weighted by atomic mass is 9.90. The molecule has 0 heterocycles. The molecule has 0 fully saturated rings. The second-order valence-electron chi connectivity index (χ2n) is 5.55. The van der Waals surface area contributed by atoms with Gasteiger partial charge in [-0.3, -0.25) is 4.79 Å². The maximum Gasteiger partial charge on any atom is 0.199 e. The summed E-state index contributed by atoms with van der Waals surface area (Å²) in [5.74, 6) is -0.0504. The average Bonchev–Trinajstić information content (AvgIpc) is 2.44. The molecular formula is C18H21O3P. The summed E-state index contributed by atoms with van der Waals surface area (Å²) in [7, 11) is -2.20. The summed E-state index contributed by atoms with van der Waals surface area (Å²) in [6.07, 6.45) is 0.584. The van der Waals surface area contributed by atoms with E-state index in [4.69, 9.17) is 0 Å². The topological polar surface area (TPSA) is 57.5 Å². The highest BCUT2D eigenvalue weighted by Crippen LogP contribution is 2.28. The van der Waals surface area contributed by atoms with E-state index in [-0.39, 0.29) is 5.78 Å². The molecule has 0 radical (unpaired) electrons. The first-order chi connectivity index (χ1) is 10.4. The van der Waals surface area contributed by atoms with Crippen LogP contribution in [0.2, 0.25) is 0 Å². The predicted molar refractivity (Wildman–Crippen MR) is 90.9 cm³/mol. The Balaban J connectivity index is 2.63. The molecule has 0 atom stereocenters. The van der Waals surface area contributed by atoms with Gasteiger partial charge in [0.1, 0.15) is 0 Å². The number of carbonyl (C=O) groups excluding carboxylic acids is 1. The van der Waals surface area contributed by atoms with E-state index >= 15 is 0 Å². The second-order valence-corrected chi connectivity index (χ2v) is 6.61. The molecule has 4 heteroatoms. The van der Waals surface area contributed by atoms with Crippen molar-refractivity contribution in [1.29, 1.82) is 0 Å². The van der Waals surface area contributed by atoms with Crippen LogP contribution in [0.3, 0.4) is 0 Å². The molecule has 116 valence electrons. The van der Waals surface area contributed by atoms with E-state index in [9.17, 15) is 14.6 Å². The zero-order valence-corrected chi connectivity index (χ0v) is 14.2. The van der Waals surface area contributed by atoms with Gasteiger partial charge in [0, 0.05) is 16.4 Å². The van der Waals surface area contributed by atoms with E-state index in [2.05, 4.69) is 0 Å². The monoisotopic (exact) mass is 316 g/mol. The van der Waals surface area contributed by atoms with Gasteiger partial charge in [0.25, 0.3) is 0 Å². The molecule has 0 aliphatic heterocycles.